The highest BCUT2D eigenvalue weighted by atomic mass is 16.5. The van der Waals surface area contributed by atoms with E-state index < -0.39 is 0 Å². The zero-order chi connectivity index (χ0) is 19.5. The Bertz CT molecular complexity index is 1020. The number of carbonyl (C=O) groups is 1. The predicted octanol–water partition coefficient (Wildman–Crippen LogP) is 3.42. The standard InChI is InChI=1S/C22H22N4O2/c1-15-24-18(22(27)23-14-17-8-4-6-10-20(17)28-2)13-21(25-15)26-12-11-16-7-3-5-9-19(16)26/h3-10,13H,11-12,14H2,1-2H3,(H,23,27). The maximum atomic E-state index is 12.7. The lowest BCUT2D eigenvalue weighted by atomic mass is 10.2. The first-order valence-corrected chi connectivity index (χ1v) is 9.27. The van der Waals surface area contributed by atoms with Crippen LogP contribution in [0.1, 0.15) is 27.4 Å². The van der Waals surface area contributed by atoms with Crippen LogP contribution in [0.25, 0.3) is 0 Å². The first kappa shape index (κ1) is 18.0. The molecule has 6 nitrogen and oxygen atoms in total. The normalized spacial score (nSPS) is 12.6. The van der Waals surface area contributed by atoms with Gasteiger partial charge in [0.1, 0.15) is 23.1 Å². The van der Waals surface area contributed by atoms with Crippen molar-refractivity contribution in [3.63, 3.8) is 0 Å². The van der Waals surface area contributed by atoms with Crippen LogP contribution in [0.3, 0.4) is 0 Å². The number of nitrogens with one attached hydrogen (secondary N) is 1. The number of para-hydroxylation sites is 2. The van der Waals surface area contributed by atoms with Gasteiger partial charge in [0, 0.05) is 30.4 Å². The molecule has 0 unspecified atom stereocenters. The molecule has 1 aromatic heterocycles. The summed E-state index contributed by atoms with van der Waals surface area (Å²) in [5.41, 5.74) is 3.71. The van der Waals surface area contributed by atoms with Gasteiger partial charge in [-0.2, -0.15) is 0 Å². The van der Waals surface area contributed by atoms with Crippen LogP contribution in [0.15, 0.2) is 54.6 Å². The first-order chi connectivity index (χ1) is 13.7. The lowest BCUT2D eigenvalue weighted by Gasteiger charge is -2.19. The van der Waals surface area contributed by atoms with Gasteiger partial charge in [0.2, 0.25) is 0 Å². The van der Waals surface area contributed by atoms with E-state index in [0.29, 0.717) is 18.1 Å². The zero-order valence-corrected chi connectivity index (χ0v) is 16.0. The van der Waals surface area contributed by atoms with Crippen LogP contribution in [0, 0.1) is 6.92 Å². The number of amides is 1. The number of nitrogens with zero attached hydrogens (tertiary/aromatic N) is 3. The van der Waals surface area contributed by atoms with Gasteiger partial charge in [-0.25, -0.2) is 9.97 Å². The molecule has 2 aromatic carbocycles. The lowest BCUT2D eigenvalue weighted by Crippen LogP contribution is -2.25. The minimum absolute atomic E-state index is 0.231. The van der Waals surface area contributed by atoms with Gasteiger partial charge < -0.3 is 15.0 Å². The molecule has 0 bridgehead atoms. The number of methoxy groups -OCH3 is 1. The quantitative estimate of drug-likeness (QED) is 0.741. The van der Waals surface area contributed by atoms with Gasteiger partial charge in [-0.3, -0.25) is 4.79 Å². The minimum atomic E-state index is -0.231. The van der Waals surface area contributed by atoms with Crippen LogP contribution in [0.5, 0.6) is 5.75 Å². The van der Waals surface area contributed by atoms with Crippen molar-refractivity contribution in [3.8, 4) is 5.75 Å². The number of benzene rings is 2. The molecule has 0 fully saturated rings. The number of fused-ring (bicyclic) bond motifs is 1. The molecule has 6 heteroatoms. The average Bonchev–Trinajstić information content (AvgIpc) is 3.16. The van der Waals surface area contributed by atoms with Gasteiger partial charge in [-0.1, -0.05) is 36.4 Å². The molecule has 3 aromatic rings. The van der Waals surface area contributed by atoms with E-state index in [1.165, 1.54) is 5.56 Å². The number of rotatable bonds is 5. The van der Waals surface area contributed by atoms with Crippen molar-refractivity contribution in [2.75, 3.05) is 18.6 Å². The molecule has 1 N–H and O–H groups in total. The molecule has 2 heterocycles. The number of hydrogen-bond donors (Lipinski definition) is 1. The zero-order valence-electron chi connectivity index (χ0n) is 16.0. The SMILES string of the molecule is COc1ccccc1CNC(=O)c1cc(N2CCc3ccccc32)nc(C)n1. The molecule has 0 saturated carbocycles. The Morgan fingerprint density at radius 1 is 1.14 bits per heavy atom. The van der Waals surface area contributed by atoms with E-state index in [-0.39, 0.29) is 5.91 Å². The molecular formula is C22H22N4O2. The molecule has 142 valence electrons. The average molecular weight is 374 g/mol. The highest BCUT2D eigenvalue weighted by Crippen LogP contribution is 2.33. The van der Waals surface area contributed by atoms with Crippen molar-refractivity contribution in [1.29, 1.82) is 0 Å². The second-order valence-corrected chi connectivity index (χ2v) is 6.68. The third-order valence-corrected chi connectivity index (χ3v) is 4.85. The highest BCUT2D eigenvalue weighted by molar-refractivity contribution is 5.93. The van der Waals surface area contributed by atoms with E-state index in [2.05, 4.69) is 32.3 Å². The fourth-order valence-corrected chi connectivity index (χ4v) is 3.50. The molecule has 1 aliphatic rings. The molecule has 1 amide bonds. The number of aryl methyl sites for hydroxylation is 1. The summed E-state index contributed by atoms with van der Waals surface area (Å²) in [6.45, 7) is 3.02. The van der Waals surface area contributed by atoms with Crippen molar-refractivity contribution in [1.82, 2.24) is 15.3 Å². The van der Waals surface area contributed by atoms with Crippen LogP contribution < -0.4 is 15.0 Å². The summed E-state index contributed by atoms with van der Waals surface area (Å²) in [5, 5.41) is 2.93. The third-order valence-electron chi connectivity index (χ3n) is 4.85. The second kappa shape index (κ2) is 7.68. The molecule has 0 aliphatic carbocycles. The molecule has 0 radical (unpaired) electrons. The number of aromatic nitrogens is 2. The Morgan fingerprint density at radius 3 is 2.79 bits per heavy atom. The molecule has 4 rings (SSSR count). The fraction of sp³-hybridized carbons (Fsp3) is 0.227. The Labute approximate surface area is 164 Å². The van der Waals surface area contributed by atoms with Gasteiger partial charge >= 0.3 is 0 Å². The highest BCUT2D eigenvalue weighted by Gasteiger charge is 2.22. The summed E-state index contributed by atoms with van der Waals surface area (Å²) in [6, 6.07) is 17.7. The van der Waals surface area contributed by atoms with Crippen molar-refractivity contribution in [3.05, 3.63) is 77.2 Å². The van der Waals surface area contributed by atoms with Crippen LogP contribution >= 0.6 is 0 Å². The summed E-state index contributed by atoms with van der Waals surface area (Å²) >= 11 is 0. The van der Waals surface area contributed by atoms with Crippen molar-refractivity contribution < 1.29 is 9.53 Å². The molecule has 28 heavy (non-hydrogen) atoms. The van der Waals surface area contributed by atoms with E-state index >= 15 is 0 Å². The van der Waals surface area contributed by atoms with Gasteiger partial charge in [0.15, 0.2) is 0 Å². The molecule has 0 saturated heterocycles. The van der Waals surface area contributed by atoms with Crippen LogP contribution in [-0.4, -0.2) is 29.5 Å². The maximum Gasteiger partial charge on any atom is 0.270 e. The van der Waals surface area contributed by atoms with Crippen molar-refractivity contribution in [2.24, 2.45) is 0 Å². The monoisotopic (exact) mass is 374 g/mol. The van der Waals surface area contributed by atoms with Crippen LogP contribution in [0.2, 0.25) is 0 Å². The third kappa shape index (κ3) is 3.53. The smallest absolute Gasteiger partial charge is 0.270 e. The topological polar surface area (TPSA) is 67.3 Å². The largest absolute Gasteiger partial charge is 0.496 e. The van der Waals surface area contributed by atoms with Crippen molar-refractivity contribution in [2.45, 2.75) is 19.9 Å². The van der Waals surface area contributed by atoms with Crippen LogP contribution in [0.4, 0.5) is 11.5 Å². The van der Waals surface area contributed by atoms with E-state index in [1.54, 1.807) is 13.2 Å². The Hall–Kier alpha value is -3.41. The Balaban J connectivity index is 1.55. The summed E-state index contributed by atoms with van der Waals surface area (Å²) in [7, 11) is 1.62. The first-order valence-electron chi connectivity index (χ1n) is 9.27. The Morgan fingerprint density at radius 2 is 1.93 bits per heavy atom. The number of carbonyl (C=O) groups excluding carboxylic acids is 1. The molecule has 0 atom stereocenters. The van der Waals surface area contributed by atoms with Gasteiger partial charge in [0.05, 0.1) is 7.11 Å². The molecule has 1 aliphatic heterocycles. The van der Waals surface area contributed by atoms with Gasteiger partial charge in [-0.15, -0.1) is 0 Å². The van der Waals surface area contributed by atoms with Crippen molar-refractivity contribution >= 4 is 17.4 Å². The maximum absolute atomic E-state index is 12.7. The second-order valence-electron chi connectivity index (χ2n) is 6.68. The Kier molecular flexibility index (Phi) is 4.93. The number of anilines is 2. The summed E-state index contributed by atoms with van der Waals surface area (Å²) in [4.78, 5) is 23.8. The summed E-state index contributed by atoms with van der Waals surface area (Å²) < 4.78 is 5.34. The molecule has 0 spiro atoms. The van der Waals surface area contributed by atoms with E-state index in [4.69, 9.17) is 4.74 Å². The summed E-state index contributed by atoms with van der Waals surface area (Å²) in [5.74, 6) is 1.84. The van der Waals surface area contributed by atoms with E-state index in [1.807, 2.05) is 43.3 Å². The summed E-state index contributed by atoms with van der Waals surface area (Å²) in [6.07, 6.45) is 0.967. The van der Waals surface area contributed by atoms with Gasteiger partial charge in [0.25, 0.3) is 5.91 Å². The van der Waals surface area contributed by atoms with E-state index in [9.17, 15) is 4.79 Å². The lowest BCUT2D eigenvalue weighted by molar-refractivity contribution is 0.0945. The van der Waals surface area contributed by atoms with Gasteiger partial charge in [-0.05, 0) is 31.0 Å². The van der Waals surface area contributed by atoms with E-state index in [0.717, 1.165) is 35.8 Å². The predicted molar refractivity (Wildman–Crippen MR) is 108 cm³/mol. The minimum Gasteiger partial charge on any atom is -0.496 e. The number of hydrogen-bond acceptors (Lipinski definition) is 5. The fourth-order valence-electron chi connectivity index (χ4n) is 3.50. The number of ether oxygens (including phenoxy) is 1. The molecular weight excluding hydrogens is 352 g/mol. The van der Waals surface area contributed by atoms with Crippen LogP contribution in [-0.2, 0) is 13.0 Å².